The zero-order chi connectivity index (χ0) is 18.7. The van der Waals surface area contributed by atoms with Gasteiger partial charge in [-0.2, -0.15) is 0 Å². The SMILES string of the molecule is Cc1ccc(OCC(=O)N2CCN(C(=O)c3ccc(Br)o3)CC2)c(C)c1. The number of rotatable bonds is 4. The van der Waals surface area contributed by atoms with Crippen molar-refractivity contribution < 1.29 is 18.7 Å². The minimum absolute atomic E-state index is 0.00295. The third kappa shape index (κ3) is 4.27. The van der Waals surface area contributed by atoms with Gasteiger partial charge in [-0.1, -0.05) is 17.7 Å². The molecule has 7 heteroatoms. The number of halogens is 1. The molecule has 1 aliphatic rings. The predicted octanol–water partition coefficient (Wildman–Crippen LogP) is 3.02. The number of amides is 2. The molecule has 0 N–H and O–H groups in total. The summed E-state index contributed by atoms with van der Waals surface area (Å²) < 4.78 is 11.5. The fourth-order valence-corrected chi connectivity index (χ4v) is 3.24. The topological polar surface area (TPSA) is 63.0 Å². The molecule has 0 unspecified atom stereocenters. The Hall–Kier alpha value is -2.28. The highest BCUT2D eigenvalue weighted by Gasteiger charge is 2.26. The van der Waals surface area contributed by atoms with Crippen molar-refractivity contribution >= 4 is 27.7 Å². The van der Waals surface area contributed by atoms with Gasteiger partial charge in [-0.05, 0) is 53.5 Å². The van der Waals surface area contributed by atoms with Gasteiger partial charge in [0.1, 0.15) is 5.75 Å². The van der Waals surface area contributed by atoms with Crippen LogP contribution in [0.4, 0.5) is 0 Å². The van der Waals surface area contributed by atoms with E-state index in [0.29, 0.717) is 36.6 Å². The number of hydrogen-bond donors (Lipinski definition) is 0. The van der Waals surface area contributed by atoms with Gasteiger partial charge in [0.2, 0.25) is 0 Å². The highest BCUT2D eigenvalue weighted by molar-refractivity contribution is 9.10. The number of aryl methyl sites for hydroxylation is 2. The van der Waals surface area contributed by atoms with Crippen LogP contribution in [0, 0.1) is 13.8 Å². The van der Waals surface area contributed by atoms with Crippen LogP contribution in [0.25, 0.3) is 0 Å². The molecular weight excluding hydrogens is 400 g/mol. The molecule has 1 aliphatic heterocycles. The zero-order valence-electron chi connectivity index (χ0n) is 14.8. The highest BCUT2D eigenvalue weighted by Crippen LogP contribution is 2.19. The summed E-state index contributed by atoms with van der Waals surface area (Å²) in [7, 11) is 0. The monoisotopic (exact) mass is 420 g/mol. The molecular formula is C19H21BrN2O4. The number of hydrogen-bond acceptors (Lipinski definition) is 4. The standard InChI is InChI=1S/C19H21BrN2O4/c1-13-3-4-15(14(2)11-13)25-12-18(23)21-7-9-22(10-8-21)19(24)16-5-6-17(20)26-16/h3-6,11H,7-10,12H2,1-2H3. The average Bonchev–Trinajstić information content (AvgIpc) is 3.06. The van der Waals surface area contributed by atoms with Gasteiger partial charge in [-0.15, -0.1) is 0 Å². The molecule has 1 fully saturated rings. The van der Waals surface area contributed by atoms with Crippen LogP contribution >= 0.6 is 15.9 Å². The third-order valence-corrected chi connectivity index (χ3v) is 4.81. The first-order chi connectivity index (χ1) is 12.4. The van der Waals surface area contributed by atoms with Crippen LogP contribution < -0.4 is 4.74 Å². The largest absolute Gasteiger partial charge is 0.484 e. The van der Waals surface area contributed by atoms with Gasteiger partial charge in [0.05, 0.1) is 0 Å². The van der Waals surface area contributed by atoms with Crippen LogP contribution in [0.15, 0.2) is 39.4 Å². The number of carbonyl (C=O) groups is 2. The lowest BCUT2D eigenvalue weighted by Crippen LogP contribution is -2.51. The summed E-state index contributed by atoms with van der Waals surface area (Å²) in [6.45, 7) is 5.92. The average molecular weight is 421 g/mol. The lowest BCUT2D eigenvalue weighted by atomic mass is 10.1. The Morgan fingerprint density at radius 1 is 1.08 bits per heavy atom. The Morgan fingerprint density at radius 2 is 1.77 bits per heavy atom. The summed E-state index contributed by atoms with van der Waals surface area (Å²) in [4.78, 5) is 28.1. The van der Waals surface area contributed by atoms with Crippen molar-refractivity contribution in [2.24, 2.45) is 0 Å². The van der Waals surface area contributed by atoms with E-state index in [1.807, 2.05) is 32.0 Å². The van der Waals surface area contributed by atoms with Crippen LogP contribution in [0.5, 0.6) is 5.75 Å². The molecule has 0 radical (unpaired) electrons. The number of piperazine rings is 1. The van der Waals surface area contributed by atoms with Crippen molar-refractivity contribution in [3.05, 3.63) is 51.9 Å². The molecule has 26 heavy (non-hydrogen) atoms. The molecule has 0 atom stereocenters. The molecule has 2 amide bonds. The molecule has 1 aromatic carbocycles. The van der Waals surface area contributed by atoms with Crippen LogP contribution in [-0.2, 0) is 4.79 Å². The van der Waals surface area contributed by atoms with Crippen molar-refractivity contribution in [3.63, 3.8) is 0 Å². The summed E-state index contributed by atoms with van der Waals surface area (Å²) in [6, 6.07) is 9.20. The minimum atomic E-state index is -0.158. The second kappa shape index (κ2) is 7.95. The molecule has 1 aromatic heterocycles. The van der Waals surface area contributed by atoms with Crippen LogP contribution in [0.1, 0.15) is 21.7 Å². The highest BCUT2D eigenvalue weighted by atomic mass is 79.9. The van der Waals surface area contributed by atoms with Gasteiger partial charge >= 0.3 is 0 Å². The molecule has 0 bridgehead atoms. The van der Waals surface area contributed by atoms with Crippen molar-refractivity contribution in [2.45, 2.75) is 13.8 Å². The Bertz CT molecular complexity index is 810. The van der Waals surface area contributed by atoms with Crippen molar-refractivity contribution in [2.75, 3.05) is 32.8 Å². The number of furan rings is 1. The maximum absolute atomic E-state index is 12.4. The Morgan fingerprint density at radius 3 is 2.38 bits per heavy atom. The van der Waals surface area contributed by atoms with Gasteiger partial charge in [0, 0.05) is 26.2 Å². The molecule has 138 valence electrons. The molecule has 2 heterocycles. The van der Waals surface area contributed by atoms with Crippen LogP contribution in [0.3, 0.4) is 0 Å². The first-order valence-electron chi connectivity index (χ1n) is 8.46. The predicted molar refractivity (Wildman–Crippen MR) is 100 cm³/mol. The first-order valence-corrected chi connectivity index (χ1v) is 9.26. The molecule has 3 rings (SSSR count). The molecule has 1 saturated heterocycles. The van der Waals surface area contributed by atoms with E-state index in [4.69, 9.17) is 9.15 Å². The third-order valence-electron chi connectivity index (χ3n) is 4.39. The minimum Gasteiger partial charge on any atom is -0.484 e. The maximum Gasteiger partial charge on any atom is 0.289 e. The summed E-state index contributed by atoms with van der Waals surface area (Å²) in [5.74, 6) is 0.795. The number of nitrogens with zero attached hydrogens (tertiary/aromatic N) is 2. The van der Waals surface area contributed by atoms with Crippen LogP contribution in [0.2, 0.25) is 0 Å². The lowest BCUT2D eigenvalue weighted by molar-refractivity contribution is -0.134. The smallest absolute Gasteiger partial charge is 0.289 e. The van der Waals surface area contributed by atoms with Crippen molar-refractivity contribution in [3.8, 4) is 5.75 Å². The van der Waals surface area contributed by atoms with E-state index in [9.17, 15) is 9.59 Å². The second-order valence-electron chi connectivity index (χ2n) is 6.33. The van der Waals surface area contributed by atoms with Gasteiger partial charge in [0.15, 0.2) is 17.0 Å². The van der Waals surface area contributed by atoms with Crippen molar-refractivity contribution in [1.29, 1.82) is 0 Å². The summed E-state index contributed by atoms with van der Waals surface area (Å²) in [5, 5.41) is 0. The van der Waals surface area contributed by atoms with Gasteiger partial charge in [0.25, 0.3) is 11.8 Å². The van der Waals surface area contributed by atoms with E-state index in [1.54, 1.807) is 21.9 Å². The fraction of sp³-hybridized carbons (Fsp3) is 0.368. The van der Waals surface area contributed by atoms with E-state index in [0.717, 1.165) is 16.9 Å². The zero-order valence-corrected chi connectivity index (χ0v) is 16.4. The fourth-order valence-electron chi connectivity index (χ4n) is 2.94. The van der Waals surface area contributed by atoms with E-state index in [1.165, 1.54) is 0 Å². The molecule has 0 saturated carbocycles. The molecule has 2 aromatic rings. The quantitative estimate of drug-likeness (QED) is 0.762. The van der Waals surface area contributed by atoms with Crippen molar-refractivity contribution in [1.82, 2.24) is 9.80 Å². The van der Waals surface area contributed by atoms with Gasteiger partial charge < -0.3 is 19.0 Å². The summed E-state index contributed by atoms with van der Waals surface area (Å²) in [5.41, 5.74) is 2.17. The van der Waals surface area contributed by atoms with E-state index < -0.39 is 0 Å². The molecule has 0 spiro atoms. The summed E-state index contributed by atoms with van der Waals surface area (Å²) >= 11 is 3.19. The van der Waals surface area contributed by atoms with Gasteiger partial charge in [-0.25, -0.2) is 0 Å². The Labute approximate surface area is 160 Å². The number of benzene rings is 1. The maximum atomic E-state index is 12.4. The number of carbonyl (C=O) groups excluding carboxylic acids is 2. The van der Waals surface area contributed by atoms with Gasteiger partial charge in [-0.3, -0.25) is 9.59 Å². The summed E-state index contributed by atoms with van der Waals surface area (Å²) in [6.07, 6.45) is 0. The Kier molecular flexibility index (Phi) is 5.66. The first kappa shape index (κ1) is 18.5. The number of ether oxygens (including phenoxy) is 1. The van der Waals surface area contributed by atoms with Crippen LogP contribution in [-0.4, -0.2) is 54.4 Å². The van der Waals surface area contributed by atoms with E-state index in [2.05, 4.69) is 15.9 Å². The molecule has 0 aliphatic carbocycles. The Balaban J connectivity index is 1.49. The van der Waals surface area contributed by atoms with E-state index in [-0.39, 0.29) is 18.4 Å². The normalized spacial score (nSPS) is 14.4. The lowest BCUT2D eigenvalue weighted by Gasteiger charge is -2.34. The second-order valence-corrected chi connectivity index (χ2v) is 7.12. The molecule has 6 nitrogen and oxygen atoms in total. The van der Waals surface area contributed by atoms with E-state index >= 15 is 0 Å².